The fourth-order valence-electron chi connectivity index (χ4n) is 1.77. The van der Waals surface area contributed by atoms with Gasteiger partial charge in [0.1, 0.15) is 5.84 Å². The van der Waals surface area contributed by atoms with Crippen LogP contribution in [0.15, 0.2) is 28.3 Å². The predicted molar refractivity (Wildman–Crippen MR) is 66.8 cm³/mol. The van der Waals surface area contributed by atoms with Crippen molar-refractivity contribution in [3.8, 4) is 0 Å². The average Bonchev–Trinajstić information content (AvgIpc) is 3.11. The molecule has 1 saturated carbocycles. The van der Waals surface area contributed by atoms with E-state index in [4.69, 9.17) is 10.9 Å². The van der Waals surface area contributed by atoms with Crippen LogP contribution in [-0.2, 0) is 0 Å². The minimum absolute atomic E-state index is 0.0475. The van der Waals surface area contributed by atoms with E-state index in [9.17, 15) is 8.78 Å². The first-order valence-electron chi connectivity index (χ1n) is 5.59. The molecule has 6 heteroatoms. The van der Waals surface area contributed by atoms with Crippen LogP contribution in [0.2, 0.25) is 0 Å². The van der Waals surface area contributed by atoms with Crippen molar-refractivity contribution in [2.24, 2.45) is 16.3 Å². The summed E-state index contributed by atoms with van der Waals surface area (Å²) in [5.41, 5.74) is 5.54. The summed E-state index contributed by atoms with van der Waals surface area (Å²) in [7, 11) is 0. The Labute approximate surface area is 108 Å². The molecule has 0 spiro atoms. The largest absolute Gasteiger partial charge is 0.409 e. The van der Waals surface area contributed by atoms with Gasteiger partial charge in [-0.15, -0.1) is 11.8 Å². The fourth-order valence-corrected chi connectivity index (χ4v) is 2.99. The summed E-state index contributed by atoms with van der Waals surface area (Å²) >= 11 is 1.47. The lowest BCUT2D eigenvalue weighted by Crippen LogP contribution is -2.19. The monoisotopic (exact) mass is 272 g/mol. The molecule has 0 amide bonds. The van der Waals surface area contributed by atoms with Crippen LogP contribution in [0.3, 0.4) is 0 Å². The molecule has 0 radical (unpaired) electrons. The highest BCUT2D eigenvalue weighted by Gasteiger charge is 2.43. The van der Waals surface area contributed by atoms with E-state index in [1.165, 1.54) is 17.8 Å². The summed E-state index contributed by atoms with van der Waals surface area (Å²) < 4.78 is 25.8. The summed E-state index contributed by atoms with van der Waals surface area (Å²) in [6, 6.07) is 3.88. The van der Waals surface area contributed by atoms with Gasteiger partial charge in [-0.2, -0.15) is 0 Å². The zero-order valence-electron chi connectivity index (χ0n) is 9.70. The van der Waals surface area contributed by atoms with Gasteiger partial charge in [-0.05, 0) is 36.5 Å². The van der Waals surface area contributed by atoms with E-state index in [2.05, 4.69) is 5.16 Å². The van der Waals surface area contributed by atoms with Crippen LogP contribution in [0, 0.1) is 17.0 Å². The van der Waals surface area contributed by atoms with Crippen LogP contribution >= 0.6 is 11.8 Å². The summed E-state index contributed by atoms with van der Waals surface area (Å²) in [5.74, 6) is -0.689. The zero-order valence-corrected chi connectivity index (χ0v) is 10.5. The highest BCUT2D eigenvalue weighted by molar-refractivity contribution is 7.99. The first-order chi connectivity index (χ1) is 8.54. The van der Waals surface area contributed by atoms with Crippen molar-refractivity contribution in [2.75, 3.05) is 5.75 Å². The second-order valence-corrected chi connectivity index (χ2v) is 5.68. The van der Waals surface area contributed by atoms with Crippen LogP contribution in [0.25, 0.3) is 0 Å². The Morgan fingerprint density at radius 3 is 2.67 bits per heavy atom. The smallest absolute Gasteiger partial charge is 0.159 e. The van der Waals surface area contributed by atoms with Gasteiger partial charge in [0.25, 0.3) is 0 Å². The van der Waals surface area contributed by atoms with Gasteiger partial charge in [0.05, 0.1) is 0 Å². The molecule has 3 N–H and O–H groups in total. The molecule has 0 unspecified atom stereocenters. The van der Waals surface area contributed by atoms with E-state index in [1.807, 2.05) is 0 Å². The number of nitrogens with zero attached hydrogens (tertiary/aromatic N) is 1. The second-order valence-electron chi connectivity index (χ2n) is 4.63. The van der Waals surface area contributed by atoms with Crippen molar-refractivity contribution in [3.05, 3.63) is 29.8 Å². The maximum atomic E-state index is 13.0. The third-order valence-corrected chi connectivity index (χ3v) is 4.42. The van der Waals surface area contributed by atoms with E-state index in [1.54, 1.807) is 6.07 Å². The Kier molecular flexibility index (Phi) is 3.75. The number of oxime groups is 1. The van der Waals surface area contributed by atoms with Crippen LogP contribution in [0.5, 0.6) is 0 Å². The molecule has 0 saturated heterocycles. The number of benzene rings is 1. The molecule has 1 aromatic carbocycles. The number of nitrogens with two attached hydrogens (primary N) is 1. The van der Waals surface area contributed by atoms with Crippen LogP contribution < -0.4 is 5.73 Å². The van der Waals surface area contributed by atoms with Crippen molar-refractivity contribution in [2.45, 2.75) is 24.2 Å². The fraction of sp³-hybridized carbons (Fsp3) is 0.417. The predicted octanol–water partition coefficient (Wildman–Crippen LogP) is 2.97. The normalized spacial score (nSPS) is 17.8. The lowest BCUT2D eigenvalue weighted by Gasteiger charge is -2.13. The lowest BCUT2D eigenvalue weighted by atomic mass is 10.1. The van der Waals surface area contributed by atoms with E-state index >= 15 is 0 Å². The van der Waals surface area contributed by atoms with Gasteiger partial charge in [-0.25, -0.2) is 8.78 Å². The molecule has 0 aromatic heterocycles. The molecule has 0 aliphatic heterocycles. The SMILES string of the molecule is NC(CC1(CSc2ccc(F)c(F)c2)CC1)=NO. The molecular weight excluding hydrogens is 258 g/mol. The molecule has 18 heavy (non-hydrogen) atoms. The number of thioether (sulfide) groups is 1. The van der Waals surface area contributed by atoms with Crippen molar-refractivity contribution in [3.63, 3.8) is 0 Å². The van der Waals surface area contributed by atoms with Crippen molar-refractivity contribution in [1.29, 1.82) is 0 Å². The third kappa shape index (κ3) is 3.13. The van der Waals surface area contributed by atoms with Gasteiger partial charge in [-0.3, -0.25) is 0 Å². The Bertz CT molecular complexity index is 475. The molecule has 1 fully saturated rings. The van der Waals surface area contributed by atoms with Crippen molar-refractivity contribution < 1.29 is 14.0 Å². The molecule has 2 rings (SSSR count). The first-order valence-corrected chi connectivity index (χ1v) is 6.57. The maximum Gasteiger partial charge on any atom is 0.159 e. The Balaban J connectivity index is 1.93. The van der Waals surface area contributed by atoms with Gasteiger partial charge in [-0.1, -0.05) is 5.16 Å². The van der Waals surface area contributed by atoms with E-state index in [0.29, 0.717) is 11.3 Å². The minimum atomic E-state index is -0.836. The van der Waals surface area contributed by atoms with Gasteiger partial charge in [0.15, 0.2) is 11.6 Å². The summed E-state index contributed by atoms with van der Waals surface area (Å²) in [5, 5.41) is 11.5. The lowest BCUT2D eigenvalue weighted by molar-refractivity contribution is 0.315. The molecule has 0 heterocycles. The number of rotatable bonds is 5. The topological polar surface area (TPSA) is 58.6 Å². The standard InChI is InChI=1S/C12H14F2N2OS/c13-9-2-1-8(5-10(9)14)18-7-12(3-4-12)6-11(15)16-17/h1-2,5,17H,3-4,6-7H2,(H2,15,16). The van der Waals surface area contributed by atoms with E-state index in [0.717, 1.165) is 24.7 Å². The van der Waals surface area contributed by atoms with Gasteiger partial charge >= 0.3 is 0 Å². The second kappa shape index (κ2) is 5.14. The maximum absolute atomic E-state index is 13.0. The van der Waals surface area contributed by atoms with Crippen LogP contribution in [0.1, 0.15) is 19.3 Å². The Morgan fingerprint density at radius 2 is 2.11 bits per heavy atom. The quantitative estimate of drug-likeness (QED) is 0.285. The number of amidine groups is 1. The summed E-state index contributed by atoms with van der Waals surface area (Å²) in [6.07, 6.45) is 2.57. The number of halogens is 2. The Hall–Kier alpha value is -1.30. The highest BCUT2D eigenvalue weighted by Crippen LogP contribution is 2.51. The molecule has 98 valence electrons. The Morgan fingerprint density at radius 1 is 1.39 bits per heavy atom. The molecule has 1 aliphatic carbocycles. The summed E-state index contributed by atoms with van der Waals surface area (Å²) in [4.78, 5) is 0.694. The molecule has 0 atom stereocenters. The van der Waals surface area contributed by atoms with Gasteiger partial charge in [0.2, 0.25) is 0 Å². The molecule has 1 aliphatic rings. The van der Waals surface area contributed by atoms with E-state index in [-0.39, 0.29) is 11.3 Å². The number of hydrogen-bond acceptors (Lipinski definition) is 3. The van der Waals surface area contributed by atoms with E-state index < -0.39 is 11.6 Å². The van der Waals surface area contributed by atoms with Crippen molar-refractivity contribution >= 4 is 17.6 Å². The zero-order chi connectivity index (χ0) is 13.2. The molecule has 0 bridgehead atoms. The van der Waals surface area contributed by atoms with Gasteiger partial charge in [0, 0.05) is 17.1 Å². The first kappa shape index (κ1) is 13.1. The third-order valence-electron chi connectivity index (χ3n) is 3.08. The minimum Gasteiger partial charge on any atom is -0.409 e. The number of hydrogen-bond donors (Lipinski definition) is 2. The molecule has 1 aromatic rings. The highest BCUT2D eigenvalue weighted by atomic mass is 32.2. The van der Waals surface area contributed by atoms with Crippen LogP contribution in [-0.4, -0.2) is 16.8 Å². The molecular formula is C12H14F2N2OS. The van der Waals surface area contributed by atoms with Crippen LogP contribution in [0.4, 0.5) is 8.78 Å². The van der Waals surface area contributed by atoms with Crippen molar-refractivity contribution in [1.82, 2.24) is 0 Å². The van der Waals surface area contributed by atoms with Gasteiger partial charge < -0.3 is 10.9 Å². The molecule has 3 nitrogen and oxygen atoms in total. The summed E-state index contributed by atoms with van der Waals surface area (Å²) in [6.45, 7) is 0. The average molecular weight is 272 g/mol.